The number of halogens is 3. The summed E-state index contributed by atoms with van der Waals surface area (Å²) >= 11 is 0. The first-order valence-corrected chi connectivity index (χ1v) is 6.45. The van der Waals surface area contributed by atoms with Crippen molar-refractivity contribution in [3.05, 3.63) is 35.4 Å². The molecule has 114 valence electrons. The minimum absolute atomic E-state index is 0.0270. The van der Waals surface area contributed by atoms with E-state index in [1.54, 1.807) is 0 Å². The van der Waals surface area contributed by atoms with Crippen molar-refractivity contribution in [1.29, 1.82) is 0 Å². The van der Waals surface area contributed by atoms with Crippen LogP contribution in [-0.2, 0) is 11.0 Å². The van der Waals surface area contributed by atoms with Crippen molar-refractivity contribution >= 4 is 11.9 Å². The van der Waals surface area contributed by atoms with Gasteiger partial charge in [0.25, 0.3) is 5.91 Å². The van der Waals surface area contributed by atoms with Gasteiger partial charge in [0.05, 0.1) is 5.56 Å². The number of hydrogen-bond acceptors (Lipinski definition) is 2. The molecule has 7 heteroatoms. The van der Waals surface area contributed by atoms with Crippen molar-refractivity contribution in [2.75, 3.05) is 13.1 Å². The van der Waals surface area contributed by atoms with E-state index in [0.717, 1.165) is 12.1 Å². The van der Waals surface area contributed by atoms with Crippen molar-refractivity contribution in [3.8, 4) is 0 Å². The van der Waals surface area contributed by atoms with Gasteiger partial charge in [-0.1, -0.05) is 6.07 Å². The molecule has 1 unspecified atom stereocenters. The smallest absolute Gasteiger partial charge is 0.416 e. The maximum Gasteiger partial charge on any atom is 0.416 e. The van der Waals surface area contributed by atoms with Crippen LogP contribution in [0, 0.1) is 5.92 Å². The Morgan fingerprint density at radius 2 is 2.05 bits per heavy atom. The number of amides is 1. The molecule has 1 saturated heterocycles. The molecular weight excluding hydrogens is 287 g/mol. The molecule has 0 aromatic heterocycles. The maximum atomic E-state index is 12.6. The molecule has 1 fully saturated rings. The molecule has 4 nitrogen and oxygen atoms in total. The monoisotopic (exact) mass is 301 g/mol. The van der Waals surface area contributed by atoms with Gasteiger partial charge in [0.2, 0.25) is 0 Å². The van der Waals surface area contributed by atoms with Crippen LogP contribution in [0.3, 0.4) is 0 Å². The average molecular weight is 301 g/mol. The highest BCUT2D eigenvalue weighted by molar-refractivity contribution is 5.94. The molecule has 1 aliphatic heterocycles. The Morgan fingerprint density at radius 1 is 1.33 bits per heavy atom. The quantitative estimate of drug-likeness (QED) is 0.933. The van der Waals surface area contributed by atoms with Crippen molar-refractivity contribution in [3.63, 3.8) is 0 Å². The normalized spacial score (nSPS) is 18.8. The molecule has 0 saturated carbocycles. The van der Waals surface area contributed by atoms with E-state index >= 15 is 0 Å². The Bertz CT molecular complexity index is 557. The van der Waals surface area contributed by atoms with Gasteiger partial charge in [-0.25, -0.2) is 0 Å². The Kier molecular flexibility index (Phi) is 4.20. The molecule has 1 aromatic carbocycles. The van der Waals surface area contributed by atoms with Gasteiger partial charge >= 0.3 is 12.1 Å². The van der Waals surface area contributed by atoms with E-state index in [9.17, 15) is 22.8 Å². The fourth-order valence-electron chi connectivity index (χ4n) is 2.44. The van der Waals surface area contributed by atoms with E-state index < -0.39 is 23.6 Å². The minimum Gasteiger partial charge on any atom is -0.481 e. The van der Waals surface area contributed by atoms with Crippen LogP contribution in [0.2, 0.25) is 0 Å². The lowest BCUT2D eigenvalue weighted by atomic mass is 10.1. The standard InChI is InChI=1S/C14H14F3NO3/c15-14(16,17)11-3-1-2-10(7-11)13(21)18-5-4-9(8-18)6-12(19)20/h1-3,7,9H,4-6,8H2,(H,19,20). The van der Waals surface area contributed by atoms with Crippen LogP contribution in [0.4, 0.5) is 13.2 Å². The van der Waals surface area contributed by atoms with Crippen molar-refractivity contribution in [2.45, 2.75) is 19.0 Å². The van der Waals surface area contributed by atoms with Gasteiger partial charge in [-0.2, -0.15) is 13.2 Å². The predicted octanol–water partition coefficient (Wildman–Crippen LogP) is 2.64. The largest absolute Gasteiger partial charge is 0.481 e. The van der Waals surface area contributed by atoms with E-state index in [0.29, 0.717) is 13.0 Å². The number of carbonyl (C=O) groups is 2. The van der Waals surface area contributed by atoms with Crippen LogP contribution in [0.15, 0.2) is 24.3 Å². The minimum atomic E-state index is -4.49. The van der Waals surface area contributed by atoms with Gasteiger partial charge in [-0.15, -0.1) is 0 Å². The average Bonchev–Trinajstić information content (AvgIpc) is 2.84. The molecule has 1 amide bonds. The summed E-state index contributed by atoms with van der Waals surface area (Å²) in [6.45, 7) is 0.633. The molecule has 0 aliphatic carbocycles. The third-order valence-corrected chi connectivity index (χ3v) is 3.47. The van der Waals surface area contributed by atoms with E-state index in [4.69, 9.17) is 5.11 Å². The van der Waals surface area contributed by atoms with Crippen LogP contribution in [0.1, 0.15) is 28.8 Å². The Labute approximate surface area is 119 Å². The second-order valence-corrected chi connectivity index (χ2v) is 5.08. The number of nitrogens with zero attached hydrogens (tertiary/aromatic N) is 1. The summed E-state index contributed by atoms with van der Waals surface area (Å²) < 4.78 is 37.9. The molecule has 21 heavy (non-hydrogen) atoms. The number of carbonyl (C=O) groups excluding carboxylic acids is 1. The number of hydrogen-bond donors (Lipinski definition) is 1. The van der Waals surface area contributed by atoms with Crippen LogP contribution >= 0.6 is 0 Å². The fourth-order valence-corrected chi connectivity index (χ4v) is 2.44. The maximum absolute atomic E-state index is 12.6. The van der Waals surface area contributed by atoms with Gasteiger partial charge in [0, 0.05) is 25.1 Å². The van der Waals surface area contributed by atoms with Gasteiger partial charge in [0.1, 0.15) is 0 Å². The number of aliphatic carboxylic acids is 1. The lowest BCUT2D eigenvalue weighted by molar-refractivity contribution is -0.138. The number of benzene rings is 1. The second-order valence-electron chi connectivity index (χ2n) is 5.08. The molecule has 0 spiro atoms. The molecule has 0 radical (unpaired) electrons. The highest BCUT2D eigenvalue weighted by Crippen LogP contribution is 2.30. The number of carboxylic acids is 1. The summed E-state index contributed by atoms with van der Waals surface area (Å²) in [5.74, 6) is -1.57. The summed E-state index contributed by atoms with van der Waals surface area (Å²) in [5, 5.41) is 8.71. The molecular formula is C14H14F3NO3. The molecule has 1 N–H and O–H groups in total. The number of carboxylic acid groups (broad SMARTS) is 1. The van der Waals surface area contributed by atoms with Crippen molar-refractivity contribution in [1.82, 2.24) is 4.90 Å². The molecule has 0 bridgehead atoms. The van der Waals surface area contributed by atoms with Crippen LogP contribution in [0.5, 0.6) is 0 Å². The lowest BCUT2D eigenvalue weighted by Gasteiger charge is -2.17. The van der Waals surface area contributed by atoms with E-state index in [2.05, 4.69) is 0 Å². The van der Waals surface area contributed by atoms with Gasteiger partial charge in [-0.3, -0.25) is 9.59 Å². The van der Waals surface area contributed by atoms with E-state index in [1.807, 2.05) is 0 Å². The second kappa shape index (κ2) is 5.75. The molecule has 1 aromatic rings. The first-order valence-electron chi connectivity index (χ1n) is 6.45. The molecule has 1 atom stereocenters. The topological polar surface area (TPSA) is 57.6 Å². The SMILES string of the molecule is O=C(O)CC1CCN(C(=O)c2cccc(C(F)(F)F)c2)C1. The third-order valence-electron chi connectivity index (χ3n) is 3.47. The summed E-state index contributed by atoms with van der Waals surface area (Å²) in [4.78, 5) is 24.2. The Balaban J connectivity index is 2.09. The zero-order valence-corrected chi connectivity index (χ0v) is 11.1. The van der Waals surface area contributed by atoms with Crippen LogP contribution in [-0.4, -0.2) is 35.0 Å². The van der Waals surface area contributed by atoms with E-state index in [-0.39, 0.29) is 24.4 Å². The number of rotatable bonds is 3. The van der Waals surface area contributed by atoms with Crippen LogP contribution < -0.4 is 0 Å². The predicted molar refractivity (Wildman–Crippen MR) is 67.7 cm³/mol. The van der Waals surface area contributed by atoms with Gasteiger partial charge in [-0.05, 0) is 30.5 Å². The summed E-state index contributed by atoms with van der Waals surface area (Å²) in [6.07, 6.45) is -3.98. The zero-order chi connectivity index (χ0) is 15.6. The highest BCUT2D eigenvalue weighted by atomic mass is 19.4. The Morgan fingerprint density at radius 3 is 2.67 bits per heavy atom. The number of likely N-dealkylation sites (tertiary alicyclic amines) is 1. The van der Waals surface area contributed by atoms with Crippen molar-refractivity contribution in [2.24, 2.45) is 5.92 Å². The highest BCUT2D eigenvalue weighted by Gasteiger charge is 2.32. The Hall–Kier alpha value is -2.05. The lowest BCUT2D eigenvalue weighted by Crippen LogP contribution is -2.29. The van der Waals surface area contributed by atoms with Crippen LogP contribution in [0.25, 0.3) is 0 Å². The fraction of sp³-hybridized carbons (Fsp3) is 0.429. The molecule has 1 aliphatic rings. The summed E-state index contributed by atoms with van der Waals surface area (Å²) in [5.41, 5.74) is -0.893. The van der Waals surface area contributed by atoms with Crippen molar-refractivity contribution < 1.29 is 27.9 Å². The third kappa shape index (κ3) is 3.74. The molecule has 2 rings (SSSR count). The first-order chi connectivity index (χ1) is 9.77. The van der Waals surface area contributed by atoms with Gasteiger partial charge in [0.15, 0.2) is 0 Å². The first kappa shape index (κ1) is 15.3. The summed E-state index contributed by atoms with van der Waals surface area (Å²) in [7, 11) is 0. The number of alkyl halides is 3. The van der Waals surface area contributed by atoms with Gasteiger partial charge < -0.3 is 10.0 Å². The van der Waals surface area contributed by atoms with E-state index in [1.165, 1.54) is 17.0 Å². The summed E-state index contributed by atoms with van der Waals surface area (Å²) in [6, 6.07) is 4.27. The zero-order valence-electron chi connectivity index (χ0n) is 11.1. The molecule has 1 heterocycles.